The molecular weight excluding hydrogens is 208 g/mol. The number of hydrogen-bond acceptors (Lipinski definition) is 2. The van der Waals surface area contributed by atoms with Crippen molar-refractivity contribution < 1.29 is 19.8 Å². The fourth-order valence-corrected chi connectivity index (χ4v) is 1.77. The van der Waals surface area contributed by atoms with E-state index < -0.39 is 11.9 Å². The molecule has 4 nitrogen and oxygen atoms in total. The maximum Gasteiger partial charge on any atom is 0.306 e. The zero-order valence-corrected chi connectivity index (χ0v) is 10.1. The van der Waals surface area contributed by atoms with Crippen molar-refractivity contribution >= 4 is 11.9 Å². The maximum atomic E-state index is 10.6. The molecule has 0 aliphatic rings. The summed E-state index contributed by atoms with van der Waals surface area (Å²) in [6.07, 6.45) is 4.54. The van der Waals surface area contributed by atoms with Crippen molar-refractivity contribution in [1.29, 1.82) is 0 Å². The molecule has 0 bridgehead atoms. The molecule has 0 aromatic heterocycles. The Bertz CT molecular complexity index is 225. The Kier molecular flexibility index (Phi) is 7.60. The number of carboxylic acids is 2. The molecule has 0 aromatic rings. The van der Waals surface area contributed by atoms with E-state index >= 15 is 0 Å². The monoisotopic (exact) mass is 230 g/mol. The molecule has 2 atom stereocenters. The van der Waals surface area contributed by atoms with Gasteiger partial charge in [0.15, 0.2) is 0 Å². The molecule has 2 unspecified atom stereocenters. The predicted molar refractivity (Wildman–Crippen MR) is 61.3 cm³/mol. The summed E-state index contributed by atoms with van der Waals surface area (Å²) < 4.78 is 0. The van der Waals surface area contributed by atoms with Gasteiger partial charge in [-0.2, -0.15) is 0 Å². The van der Waals surface area contributed by atoms with Crippen molar-refractivity contribution in [2.75, 3.05) is 0 Å². The minimum Gasteiger partial charge on any atom is -0.481 e. The first kappa shape index (κ1) is 14.9. The Balaban J connectivity index is 3.47. The minimum atomic E-state index is -0.743. The standard InChI is InChI=1S/C12H22O4/c1-9(8-10(2)12(15)16)6-4-3-5-7-11(13)14/h9-10H,3-8H2,1-2H3,(H,13,14)(H,15,16). The molecule has 0 aliphatic heterocycles. The lowest BCUT2D eigenvalue weighted by Gasteiger charge is -2.13. The molecule has 0 saturated heterocycles. The molecule has 0 radical (unpaired) electrons. The molecule has 0 heterocycles. The van der Waals surface area contributed by atoms with Gasteiger partial charge in [-0.25, -0.2) is 0 Å². The van der Waals surface area contributed by atoms with Gasteiger partial charge in [0.25, 0.3) is 0 Å². The van der Waals surface area contributed by atoms with Crippen molar-refractivity contribution in [3.05, 3.63) is 0 Å². The van der Waals surface area contributed by atoms with Gasteiger partial charge in [0.1, 0.15) is 0 Å². The Morgan fingerprint density at radius 3 is 2.19 bits per heavy atom. The van der Waals surface area contributed by atoms with E-state index in [1.165, 1.54) is 0 Å². The van der Waals surface area contributed by atoms with E-state index in [4.69, 9.17) is 10.2 Å². The van der Waals surface area contributed by atoms with Gasteiger partial charge in [-0.3, -0.25) is 9.59 Å². The molecule has 0 fully saturated rings. The second-order valence-corrected chi connectivity index (χ2v) is 4.57. The summed E-state index contributed by atoms with van der Waals surface area (Å²) in [5.74, 6) is -1.37. The zero-order chi connectivity index (χ0) is 12.6. The van der Waals surface area contributed by atoms with Crippen LogP contribution in [0.4, 0.5) is 0 Å². The summed E-state index contributed by atoms with van der Waals surface area (Å²) in [5.41, 5.74) is 0. The van der Waals surface area contributed by atoms with E-state index in [9.17, 15) is 9.59 Å². The number of carboxylic acid groups (broad SMARTS) is 2. The first-order valence-corrected chi connectivity index (χ1v) is 5.88. The van der Waals surface area contributed by atoms with Crippen LogP contribution in [0.25, 0.3) is 0 Å². The number of carbonyl (C=O) groups is 2. The topological polar surface area (TPSA) is 74.6 Å². The summed E-state index contributed by atoms with van der Waals surface area (Å²) in [7, 11) is 0. The molecule has 2 N–H and O–H groups in total. The third-order valence-electron chi connectivity index (χ3n) is 2.77. The van der Waals surface area contributed by atoms with Crippen molar-refractivity contribution in [1.82, 2.24) is 0 Å². The SMILES string of the molecule is CC(CCCCCC(=O)O)CC(C)C(=O)O. The molecular formula is C12H22O4. The third-order valence-corrected chi connectivity index (χ3v) is 2.77. The van der Waals surface area contributed by atoms with E-state index in [-0.39, 0.29) is 12.3 Å². The molecule has 94 valence electrons. The van der Waals surface area contributed by atoms with Gasteiger partial charge in [0.2, 0.25) is 0 Å². The molecule has 0 aliphatic carbocycles. The Morgan fingerprint density at radius 1 is 1.06 bits per heavy atom. The number of hydrogen-bond donors (Lipinski definition) is 2. The lowest BCUT2D eigenvalue weighted by Crippen LogP contribution is -2.13. The normalized spacial score (nSPS) is 14.4. The Labute approximate surface area is 96.7 Å². The van der Waals surface area contributed by atoms with Gasteiger partial charge < -0.3 is 10.2 Å². The van der Waals surface area contributed by atoms with Crippen molar-refractivity contribution in [3.63, 3.8) is 0 Å². The molecule has 0 amide bonds. The summed E-state index contributed by atoms with van der Waals surface area (Å²) in [4.78, 5) is 20.9. The van der Waals surface area contributed by atoms with E-state index in [1.54, 1.807) is 6.92 Å². The van der Waals surface area contributed by atoms with Crippen LogP contribution in [0, 0.1) is 11.8 Å². The first-order chi connectivity index (χ1) is 7.43. The van der Waals surface area contributed by atoms with Gasteiger partial charge in [-0.1, -0.05) is 33.1 Å². The van der Waals surface area contributed by atoms with E-state index in [1.807, 2.05) is 0 Å². The number of aliphatic carboxylic acids is 2. The van der Waals surface area contributed by atoms with Gasteiger partial charge in [-0.05, 0) is 18.8 Å². The average Bonchev–Trinajstić information content (AvgIpc) is 2.16. The lowest BCUT2D eigenvalue weighted by molar-refractivity contribution is -0.141. The van der Waals surface area contributed by atoms with E-state index in [2.05, 4.69) is 6.92 Å². The lowest BCUT2D eigenvalue weighted by atomic mass is 9.92. The average molecular weight is 230 g/mol. The van der Waals surface area contributed by atoms with Crippen LogP contribution in [0.3, 0.4) is 0 Å². The minimum absolute atomic E-state index is 0.236. The molecule has 16 heavy (non-hydrogen) atoms. The largest absolute Gasteiger partial charge is 0.481 e. The fraction of sp³-hybridized carbons (Fsp3) is 0.833. The fourth-order valence-electron chi connectivity index (χ4n) is 1.77. The van der Waals surface area contributed by atoms with Crippen LogP contribution in [-0.2, 0) is 9.59 Å². The highest BCUT2D eigenvalue weighted by Crippen LogP contribution is 2.18. The number of rotatable bonds is 9. The number of unbranched alkanes of at least 4 members (excludes halogenated alkanes) is 2. The summed E-state index contributed by atoms with van der Waals surface area (Å²) in [6.45, 7) is 3.78. The first-order valence-electron chi connectivity index (χ1n) is 5.88. The molecule has 0 spiro atoms. The Morgan fingerprint density at radius 2 is 1.69 bits per heavy atom. The Hall–Kier alpha value is -1.06. The van der Waals surface area contributed by atoms with Gasteiger partial charge in [0, 0.05) is 6.42 Å². The van der Waals surface area contributed by atoms with Crippen LogP contribution >= 0.6 is 0 Å². The van der Waals surface area contributed by atoms with Crippen molar-refractivity contribution in [3.8, 4) is 0 Å². The smallest absolute Gasteiger partial charge is 0.306 e. The van der Waals surface area contributed by atoms with Crippen molar-refractivity contribution in [2.24, 2.45) is 11.8 Å². The predicted octanol–water partition coefficient (Wildman–Crippen LogP) is 2.77. The maximum absolute atomic E-state index is 10.6. The second-order valence-electron chi connectivity index (χ2n) is 4.57. The summed E-state index contributed by atoms with van der Waals surface area (Å²) in [6, 6.07) is 0. The molecule has 0 saturated carbocycles. The molecule has 4 heteroatoms. The highest BCUT2D eigenvalue weighted by molar-refractivity contribution is 5.69. The zero-order valence-electron chi connectivity index (χ0n) is 10.1. The second kappa shape index (κ2) is 8.13. The van der Waals surface area contributed by atoms with Crippen LogP contribution in [-0.4, -0.2) is 22.2 Å². The van der Waals surface area contributed by atoms with Crippen molar-refractivity contribution in [2.45, 2.75) is 52.4 Å². The van der Waals surface area contributed by atoms with Crippen LogP contribution in [0.5, 0.6) is 0 Å². The highest BCUT2D eigenvalue weighted by Gasteiger charge is 2.14. The van der Waals surface area contributed by atoms with Gasteiger partial charge in [-0.15, -0.1) is 0 Å². The highest BCUT2D eigenvalue weighted by atomic mass is 16.4. The molecule has 0 rings (SSSR count). The van der Waals surface area contributed by atoms with E-state index in [0.29, 0.717) is 12.3 Å². The van der Waals surface area contributed by atoms with Crippen LogP contribution in [0.2, 0.25) is 0 Å². The summed E-state index contributed by atoms with van der Waals surface area (Å²) >= 11 is 0. The van der Waals surface area contributed by atoms with Crippen LogP contribution < -0.4 is 0 Å². The third kappa shape index (κ3) is 8.26. The van der Waals surface area contributed by atoms with Gasteiger partial charge >= 0.3 is 11.9 Å². The van der Waals surface area contributed by atoms with Gasteiger partial charge in [0.05, 0.1) is 5.92 Å². The quantitative estimate of drug-likeness (QED) is 0.597. The van der Waals surface area contributed by atoms with Crippen LogP contribution in [0.1, 0.15) is 52.4 Å². The van der Waals surface area contributed by atoms with E-state index in [0.717, 1.165) is 25.7 Å². The summed E-state index contributed by atoms with van der Waals surface area (Å²) in [5, 5.41) is 17.2. The molecule has 0 aromatic carbocycles. The van der Waals surface area contributed by atoms with Crippen LogP contribution in [0.15, 0.2) is 0 Å².